The third-order valence-electron chi connectivity index (χ3n) is 3.95. The van der Waals surface area contributed by atoms with E-state index in [0.29, 0.717) is 18.7 Å². The minimum atomic E-state index is -0.0509. The molecule has 20 heavy (non-hydrogen) atoms. The van der Waals surface area contributed by atoms with Crippen LogP contribution in [0, 0.1) is 0 Å². The number of rotatable bonds is 3. The Balaban J connectivity index is 2.44. The Kier molecular flexibility index (Phi) is 4.33. The second kappa shape index (κ2) is 5.68. The number of anilines is 1. The van der Waals surface area contributed by atoms with Crippen LogP contribution in [0.25, 0.3) is 0 Å². The number of methoxy groups -OCH3 is 1. The Morgan fingerprint density at radius 1 is 1.20 bits per heavy atom. The van der Waals surface area contributed by atoms with Gasteiger partial charge in [-0.3, -0.25) is 0 Å². The highest BCUT2D eigenvalue weighted by Crippen LogP contribution is 2.31. The molecule has 1 aromatic heterocycles. The van der Waals surface area contributed by atoms with Crippen molar-refractivity contribution in [3.8, 4) is 0 Å². The van der Waals surface area contributed by atoms with Crippen LogP contribution < -0.4 is 4.90 Å². The van der Waals surface area contributed by atoms with Gasteiger partial charge in [-0.1, -0.05) is 20.8 Å². The molecule has 0 radical (unpaired) electrons. The van der Waals surface area contributed by atoms with Crippen molar-refractivity contribution in [2.45, 2.75) is 71.6 Å². The Morgan fingerprint density at radius 2 is 1.80 bits per heavy atom. The van der Waals surface area contributed by atoms with E-state index in [1.54, 1.807) is 7.11 Å². The Bertz CT molecular complexity index is 457. The standard InChI is InChI=1S/C16H27N3O/c1-11-7-8-12(2)19(11)14-9-13(10-20-6)17-15(18-14)16(3,4)5/h9,11-12H,7-8,10H2,1-6H3. The molecule has 4 heteroatoms. The first-order valence-electron chi connectivity index (χ1n) is 7.48. The summed E-state index contributed by atoms with van der Waals surface area (Å²) in [6.45, 7) is 11.5. The molecule has 1 fully saturated rings. The zero-order valence-corrected chi connectivity index (χ0v) is 13.6. The molecule has 0 amide bonds. The van der Waals surface area contributed by atoms with Crippen molar-refractivity contribution in [1.82, 2.24) is 9.97 Å². The summed E-state index contributed by atoms with van der Waals surface area (Å²) in [5.41, 5.74) is 0.916. The first kappa shape index (κ1) is 15.2. The number of hydrogen-bond acceptors (Lipinski definition) is 4. The van der Waals surface area contributed by atoms with Gasteiger partial charge in [0.2, 0.25) is 0 Å². The minimum Gasteiger partial charge on any atom is -0.378 e. The van der Waals surface area contributed by atoms with E-state index in [0.717, 1.165) is 17.3 Å². The Hall–Kier alpha value is -1.16. The van der Waals surface area contributed by atoms with Gasteiger partial charge in [0.1, 0.15) is 11.6 Å². The molecule has 1 saturated heterocycles. The highest BCUT2D eigenvalue weighted by atomic mass is 16.5. The summed E-state index contributed by atoms with van der Waals surface area (Å²) in [6, 6.07) is 3.17. The molecule has 1 aliphatic rings. The summed E-state index contributed by atoms with van der Waals surface area (Å²) >= 11 is 0. The van der Waals surface area contributed by atoms with E-state index >= 15 is 0 Å². The third kappa shape index (κ3) is 3.11. The van der Waals surface area contributed by atoms with Gasteiger partial charge in [-0.2, -0.15) is 0 Å². The fourth-order valence-corrected chi connectivity index (χ4v) is 2.82. The van der Waals surface area contributed by atoms with Crippen molar-refractivity contribution in [3.05, 3.63) is 17.6 Å². The van der Waals surface area contributed by atoms with Crippen molar-refractivity contribution in [2.24, 2.45) is 0 Å². The first-order valence-corrected chi connectivity index (χ1v) is 7.48. The molecule has 0 spiro atoms. The lowest BCUT2D eigenvalue weighted by atomic mass is 9.95. The maximum Gasteiger partial charge on any atom is 0.136 e. The van der Waals surface area contributed by atoms with E-state index in [9.17, 15) is 0 Å². The summed E-state index contributed by atoms with van der Waals surface area (Å²) in [5.74, 6) is 1.95. The molecule has 4 nitrogen and oxygen atoms in total. The normalized spacial score (nSPS) is 23.4. The van der Waals surface area contributed by atoms with E-state index in [1.807, 2.05) is 0 Å². The quantitative estimate of drug-likeness (QED) is 0.849. The fourth-order valence-electron chi connectivity index (χ4n) is 2.82. The smallest absolute Gasteiger partial charge is 0.136 e. The zero-order chi connectivity index (χ0) is 14.9. The largest absolute Gasteiger partial charge is 0.378 e. The summed E-state index contributed by atoms with van der Waals surface area (Å²) < 4.78 is 5.26. The Morgan fingerprint density at radius 3 is 2.30 bits per heavy atom. The second-order valence-electron chi connectivity index (χ2n) is 6.91. The van der Waals surface area contributed by atoms with Crippen molar-refractivity contribution in [2.75, 3.05) is 12.0 Å². The van der Waals surface area contributed by atoms with Gasteiger partial charge in [-0.25, -0.2) is 9.97 Å². The lowest BCUT2D eigenvalue weighted by Crippen LogP contribution is -2.34. The van der Waals surface area contributed by atoms with E-state index in [2.05, 4.69) is 50.6 Å². The molecule has 2 heterocycles. The molecule has 2 atom stereocenters. The molecule has 0 aliphatic carbocycles. The van der Waals surface area contributed by atoms with Crippen LogP contribution in [0.1, 0.15) is 59.0 Å². The van der Waals surface area contributed by atoms with Gasteiger partial charge in [0.05, 0.1) is 12.3 Å². The van der Waals surface area contributed by atoms with Gasteiger partial charge < -0.3 is 9.64 Å². The van der Waals surface area contributed by atoms with E-state index < -0.39 is 0 Å². The summed E-state index contributed by atoms with van der Waals surface area (Å²) in [4.78, 5) is 11.9. The van der Waals surface area contributed by atoms with Crippen LogP contribution in [0.2, 0.25) is 0 Å². The molecular weight excluding hydrogens is 250 g/mol. The molecule has 0 N–H and O–H groups in total. The van der Waals surface area contributed by atoms with Crippen LogP contribution >= 0.6 is 0 Å². The highest BCUT2D eigenvalue weighted by Gasteiger charge is 2.30. The lowest BCUT2D eigenvalue weighted by Gasteiger charge is -2.29. The van der Waals surface area contributed by atoms with E-state index in [4.69, 9.17) is 9.72 Å². The molecule has 112 valence electrons. The van der Waals surface area contributed by atoms with Crippen LogP contribution in [0.3, 0.4) is 0 Å². The average Bonchev–Trinajstić information content (AvgIpc) is 2.68. The fraction of sp³-hybridized carbons (Fsp3) is 0.750. The maximum absolute atomic E-state index is 5.26. The monoisotopic (exact) mass is 277 g/mol. The van der Waals surface area contributed by atoms with Crippen LogP contribution in [0.15, 0.2) is 6.07 Å². The first-order chi connectivity index (χ1) is 9.32. The summed E-state index contributed by atoms with van der Waals surface area (Å²) in [7, 11) is 1.71. The van der Waals surface area contributed by atoms with Gasteiger partial charge >= 0.3 is 0 Å². The number of ether oxygens (including phenoxy) is 1. The predicted molar refractivity (Wildman–Crippen MR) is 82.1 cm³/mol. The van der Waals surface area contributed by atoms with Crippen molar-refractivity contribution < 1.29 is 4.74 Å². The molecule has 1 aromatic rings. The van der Waals surface area contributed by atoms with Gasteiger partial charge in [0.25, 0.3) is 0 Å². The predicted octanol–water partition coefficient (Wildman–Crippen LogP) is 3.30. The highest BCUT2D eigenvalue weighted by molar-refractivity contribution is 5.44. The molecule has 0 saturated carbocycles. The third-order valence-corrected chi connectivity index (χ3v) is 3.95. The van der Waals surface area contributed by atoms with Gasteiger partial charge in [0, 0.05) is 30.7 Å². The van der Waals surface area contributed by atoms with Crippen molar-refractivity contribution >= 4 is 5.82 Å². The summed E-state index contributed by atoms with van der Waals surface area (Å²) in [6.07, 6.45) is 2.46. The minimum absolute atomic E-state index is 0.0509. The van der Waals surface area contributed by atoms with Crippen LogP contribution in [0.5, 0.6) is 0 Å². The second-order valence-corrected chi connectivity index (χ2v) is 6.91. The molecule has 1 aliphatic heterocycles. The molecule has 2 rings (SSSR count). The van der Waals surface area contributed by atoms with Gasteiger partial charge in [-0.05, 0) is 26.7 Å². The maximum atomic E-state index is 5.26. The molecular formula is C16H27N3O. The lowest BCUT2D eigenvalue weighted by molar-refractivity contribution is 0.181. The Labute approximate surface area is 122 Å². The average molecular weight is 277 g/mol. The molecule has 2 unspecified atom stereocenters. The van der Waals surface area contributed by atoms with Gasteiger partial charge in [0.15, 0.2) is 0 Å². The van der Waals surface area contributed by atoms with Crippen LogP contribution in [-0.2, 0) is 16.8 Å². The summed E-state index contributed by atoms with van der Waals surface area (Å²) in [5, 5.41) is 0. The van der Waals surface area contributed by atoms with Crippen molar-refractivity contribution in [3.63, 3.8) is 0 Å². The van der Waals surface area contributed by atoms with E-state index in [-0.39, 0.29) is 5.41 Å². The number of aromatic nitrogens is 2. The number of hydrogen-bond donors (Lipinski definition) is 0. The van der Waals surface area contributed by atoms with Crippen LogP contribution in [0.4, 0.5) is 5.82 Å². The molecule has 0 aromatic carbocycles. The SMILES string of the molecule is COCc1cc(N2C(C)CCC2C)nc(C(C)(C)C)n1. The van der Waals surface area contributed by atoms with Gasteiger partial charge in [-0.15, -0.1) is 0 Å². The van der Waals surface area contributed by atoms with E-state index in [1.165, 1.54) is 12.8 Å². The van der Waals surface area contributed by atoms with Crippen molar-refractivity contribution in [1.29, 1.82) is 0 Å². The zero-order valence-electron chi connectivity index (χ0n) is 13.6. The van der Waals surface area contributed by atoms with Crippen LogP contribution in [-0.4, -0.2) is 29.2 Å². The number of nitrogens with zero attached hydrogens (tertiary/aromatic N) is 3. The topological polar surface area (TPSA) is 38.2 Å². The molecule has 0 bridgehead atoms.